The van der Waals surface area contributed by atoms with Crippen molar-refractivity contribution < 1.29 is 22.7 Å². The van der Waals surface area contributed by atoms with Crippen LogP contribution in [0.25, 0.3) is 6.08 Å². The molecule has 0 spiro atoms. The highest BCUT2D eigenvalue weighted by Gasteiger charge is 2.19. The zero-order valence-electron chi connectivity index (χ0n) is 14.3. The molecule has 2 aromatic rings. The van der Waals surface area contributed by atoms with Gasteiger partial charge in [-0.15, -0.1) is 0 Å². The van der Waals surface area contributed by atoms with Crippen LogP contribution in [0, 0.1) is 0 Å². The van der Waals surface area contributed by atoms with Crippen molar-refractivity contribution in [3.63, 3.8) is 0 Å². The number of carbonyl (C=O) groups is 1. The summed E-state index contributed by atoms with van der Waals surface area (Å²) in [6, 6.07) is 11.6. The smallest absolute Gasteiger partial charge is 0.330 e. The number of sulfonamides is 1. The Kier molecular flexibility index (Phi) is 5.27. The number of benzene rings is 2. The molecule has 136 valence electrons. The minimum atomic E-state index is -3.68. The topological polar surface area (TPSA) is 81.7 Å². The first-order chi connectivity index (χ1) is 12.5. The Bertz CT molecular complexity index is 933. The van der Waals surface area contributed by atoms with Crippen LogP contribution in [0.3, 0.4) is 0 Å². The molecule has 6 nitrogen and oxygen atoms in total. The molecule has 0 amide bonds. The molecule has 26 heavy (non-hydrogen) atoms. The summed E-state index contributed by atoms with van der Waals surface area (Å²) in [4.78, 5) is 11.5. The van der Waals surface area contributed by atoms with Crippen LogP contribution in [-0.2, 0) is 26.0 Å². The Balaban J connectivity index is 1.71. The van der Waals surface area contributed by atoms with Crippen LogP contribution in [0.1, 0.15) is 18.1 Å². The van der Waals surface area contributed by atoms with E-state index in [0.717, 1.165) is 16.9 Å². The minimum Gasteiger partial charge on any atom is -0.493 e. The number of esters is 1. The lowest BCUT2D eigenvalue weighted by Crippen LogP contribution is -2.13. The molecular weight excluding hydrogens is 354 g/mol. The molecule has 0 aromatic heterocycles. The van der Waals surface area contributed by atoms with Gasteiger partial charge in [0.1, 0.15) is 5.75 Å². The summed E-state index contributed by atoms with van der Waals surface area (Å²) in [5.41, 5.74) is 2.10. The predicted octanol–water partition coefficient (Wildman–Crippen LogP) is 3.00. The summed E-state index contributed by atoms with van der Waals surface area (Å²) in [5, 5.41) is 0. The maximum absolute atomic E-state index is 12.5. The normalized spacial score (nSPS) is 13.3. The first kappa shape index (κ1) is 18.0. The quantitative estimate of drug-likeness (QED) is 0.622. The van der Waals surface area contributed by atoms with Gasteiger partial charge < -0.3 is 9.47 Å². The number of nitrogens with one attached hydrogen (secondary N) is 1. The lowest BCUT2D eigenvalue weighted by atomic mass is 10.2. The second kappa shape index (κ2) is 7.61. The van der Waals surface area contributed by atoms with E-state index in [-0.39, 0.29) is 4.90 Å². The van der Waals surface area contributed by atoms with Crippen molar-refractivity contribution in [3.8, 4) is 5.75 Å². The van der Waals surface area contributed by atoms with Gasteiger partial charge in [0.05, 0.1) is 18.1 Å². The fourth-order valence-corrected chi connectivity index (χ4v) is 3.67. The summed E-state index contributed by atoms with van der Waals surface area (Å²) >= 11 is 0. The molecule has 0 radical (unpaired) electrons. The predicted molar refractivity (Wildman–Crippen MR) is 98.6 cm³/mol. The van der Waals surface area contributed by atoms with Crippen LogP contribution in [0.15, 0.2) is 53.4 Å². The molecule has 0 unspecified atom stereocenters. The molecular formula is C19H19NO5S. The van der Waals surface area contributed by atoms with E-state index in [1.165, 1.54) is 12.1 Å². The molecule has 0 atom stereocenters. The van der Waals surface area contributed by atoms with Gasteiger partial charge in [-0.2, -0.15) is 0 Å². The lowest BCUT2D eigenvalue weighted by Gasteiger charge is -2.09. The van der Waals surface area contributed by atoms with E-state index >= 15 is 0 Å². The molecule has 0 aliphatic carbocycles. The number of fused-ring (bicyclic) bond motifs is 1. The van der Waals surface area contributed by atoms with E-state index in [4.69, 9.17) is 9.47 Å². The number of anilines is 1. The van der Waals surface area contributed by atoms with Crippen molar-refractivity contribution in [2.45, 2.75) is 18.2 Å². The first-order valence-electron chi connectivity index (χ1n) is 8.21. The van der Waals surface area contributed by atoms with Gasteiger partial charge in [0.2, 0.25) is 0 Å². The zero-order chi connectivity index (χ0) is 18.6. The van der Waals surface area contributed by atoms with Gasteiger partial charge in [0.15, 0.2) is 0 Å². The summed E-state index contributed by atoms with van der Waals surface area (Å²) in [5.74, 6) is 0.319. The van der Waals surface area contributed by atoms with E-state index in [9.17, 15) is 13.2 Å². The number of ether oxygens (including phenoxy) is 2. The Labute approximate surface area is 152 Å². The monoisotopic (exact) mass is 373 g/mol. The first-order valence-corrected chi connectivity index (χ1v) is 9.70. The number of hydrogen-bond acceptors (Lipinski definition) is 5. The number of carbonyl (C=O) groups excluding carboxylic acids is 1. The van der Waals surface area contributed by atoms with Crippen LogP contribution in [0.5, 0.6) is 5.75 Å². The number of rotatable bonds is 6. The molecule has 7 heteroatoms. The van der Waals surface area contributed by atoms with Crippen LogP contribution < -0.4 is 9.46 Å². The van der Waals surface area contributed by atoms with Crippen LogP contribution in [0.4, 0.5) is 5.69 Å². The highest BCUT2D eigenvalue weighted by atomic mass is 32.2. The molecule has 0 fully saturated rings. The van der Waals surface area contributed by atoms with Gasteiger partial charge >= 0.3 is 5.97 Å². The van der Waals surface area contributed by atoms with Crippen LogP contribution >= 0.6 is 0 Å². The van der Waals surface area contributed by atoms with E-state index < -0.39 is 16.0 Å². The van der Waals surface area contributed by atoms with Gasteiger partial charge in [-0.25, -0.2) is 13.2 Å². The van der Waals surface area contributed by atoms with E-state index in [0.29, 0.717) is 25.3 Å². The van der Waals surface area contributed by atoms with Gasteiger partial charge in [-0.3, -0.25) is 4.72 Å². The third kappa shape index (κ3) is 4.23. The average Bonchev–Trinajstić information content (AvgIpc) is 3.09. The molecule has 1 aliphatic rings. The van der Waals surface area contributed by atoms with Crippen molar-refractivity contribution in [2.75, 3.05) is 17.9 Å². The second-order valence-electron chi connectivity index (χ2n) is 5.68. The molecule has 0 saturated carbocycles. The molecule has 3 rings (SSSR count). The maximum atomic E-state index is 12.5. The highest BCUT2D eigenvalue weighted by molar-refractivity contribution is 7.92. The number of hydrogen-bond donors (Lipinski definition) is 1. The maximum Gasteiger partial charge on any atom is 0.330 e. The van der Waals surface area contributed by atoms with E-state index in [1.54, 1.807) is 49.4 Å². The molecule has 0 bridgehead atoms. The van der Waals surface area contributed by atoms with Gasteiger partial charge in [0, 0.05) is 18.2 Å². The Morgan fingerprint density at radius 2 is 2.00 bits per heavy atom. The van der Waals surface area contributed by atoms with E-state index in [1.807, 2.05) is 0 Å². The highest BCUT2D eigenvalue weighted by Crippen LogP contribution is 2.28. The summed E-state index contributed by atoms with van der Waals surface area (Å²) in [6.45, 7) is 2.63. The van der Waals surface area contributed by atoms with Crippen LogP contribution in [-0.4, -0.2) is 27.6 Å². The van der Waals surface area contributed by atoms with Gasteiger partial charge in [-0.05, 0) is 54.5 Å². The van der Waals surface area contributed by atoms with E-state index in [2.05, 4.69) is 4.72 Å². The second-order valence-corrected chi connectivity index (χ2v) is 7.36. The van der Waals surface area contributed by atoms with Crippen LogP contribution in [0.2, 0.25) is 0 Å². The fraction of sp³-hybridized carbons (Fsp3) is 0.211. The van der Waals surface area contributed by atoms with Crippen molar-refractivity contribution in [2.24, 2.45) is 0 Å². The molecule has 1 heterocycles. The third-order valence-corrected chi connectivity index (χ3v) is 5.21. The largest absolute Gasteiger partial charge is 0.493 e. The molecule has 1 N–H and O–H groups in total. The van der Waals surface area contributed by atoms with Gasteiger partial charge in [0.25, 0.3) is 10.0 Å². The zero-order valence-corrected chi connectivity index (χ0v) is 15.1. The molecule has 0 saturated heterocycles. The molecule has 1 aliphatic heterocycles. The van der Waals surface area contributed by atoms with Crippen molar-refractivity contribution in [1.29, 1.82) is 0 Å². The summed E-state index contributed by atoms with van der Waals surface area (Å²) < 4.78 is 37.9. The van der Waals surface area contributed by atoms with Crippen molar-refractivity contribution in [3.05, 3.63) is 59.7 Å². The fourth-order valence-electron chi connectivity index (χ4n) is 2.56. The third-order valence-electron chi connectivity index (χ3n) is 3.83. The Hall–Kier alpha value is -2.80. The summed E-state index contributed by atoms with van der Waals surface area (Å²) in [6.07, 6.45) is 3.65. The summed E-state index contributed by atoms with van der Waals surface area (Å²) in [7, 11) is -3.68. The van der Waals surface area contributed by atoms with Crippen molar-refractivity contribution >= 4 is 27.8 Å². The SMILES string of the molecule is CCOC(=O)C=Cc1ccc(NS(=O)(=O)c2ccc3c(c2)CCO3)cc1. The standard InChI is InChI=1S/C19H19NO5S/c1-2-24-19(21)10-5-14-3-6-16(7-4-14)20-26(22,23)17-8-9-18-15(13-17)11-12-25-18/h3-10,13,20H,2,11-12H2,1H3. The van der Waals surface area contributed by atoms with Gasteiger partial charge in [-0.1, -0.05) is 12.1 Å². The Morgan fingerprint density at radius 1 is 1.23 bits per heavy atom. The molecule has 2 aromatic carbocycles. The average molecular weight is 373 g/mol. The lowest BCUT2D eigenvalue weighted by molar-refractivity contribution is -0.137. The van der Waals surface area contributed by atoms with Crippen molar-refractivity contribution in [1.82, 2.24) is 0 Å². The minimum absolute atomic E-state index is 0.202. The Morgan fingerprint density at radius 3 is 2.73 bits per heavy atom.